The lowest BCUT2D eigenvalue weighted by Crippen LogP contribution is -2.48. The highest BCUT2D eigenvalue weighted by atomic mass is 32.2. The zero-order valence-electron chi connectivity index (χ0n) is 15.1. The van der Waals surface area contributed by atoms with Crippen LogP contribution in [0.5, 0.6) is 0 Å². The first-order chi connectivity index (χ1) is 12.9. The highest BCUT2D eigenvalue weighted by Crippen LogP contribution is 2.14. The summed E-state index contributed by atoms with van der Waals surface area (Å²) in [4.78, 5) is 16.6. The van der Waals surface area contributed by atoms with E-state index in [1.165, 1.54) is 12.1 Å². The molecule has 1 heterocycles. The Bertz CT molecular complexity index is 862. The highest BCUT2D eigenvalue weighted by Gasteiger charge is 2.23. The van der Waals surface area contributed by atoms with E-state index in [2.05, 4.69) is 4.90 Å². The van der Waals surface area contributed by atoms with Crippen LogP contribution in [0.3, 0.4) is 0 Å². The third kappa shape index (κ3) is 5.37. The number of piperazine rings is 1. The summed E-state index contributed by atoms with van der Waals surface area (Å²) in [5.74, 6) is -0.554. The van der Waals surface area contributed by atoms with E-state index in [4.69, 9.17) is 0 Å². The molecule has 2 aromatic carbocycles. The first kappa shape index (κ1) is 19.5. The van der Waals surface area contributed by atoms with Gasteiger partial charge >= 0.3 is 0 Å². The van der Waals surface area contributed by atoms with Gasteiger partial charge in [0.05, 0.1) is 10.6 Å². The first-order valence-corrected chi connectivity index (χ1v) is 10.6. The van der Waals surface area contributed by atoms with Gasteiger partial charge in [-0.15, -0.1) is 0 Å². The SMILES string of the molecule is O=C(CCS(=O)(=O)c1ccccc1)N1CCN(Cc2ccc(F)cc2)CC1. The fraction of sp³-hybridized carbons (Fsp3) is 0.350. The summed E-state index contributed by atoms with van der Waals surface area (Å²) in [5.41, 5.74) is 1.03. The van der Waals surface area contributed by atoms with Crippen LogP contribution in [-0.4, -0.2) is 56.1 Å². The second kappa shape index (κ2) is 8.63. The Balaban J connectivity index is 1.46. The molecule has 144 valence electrons. The number of carbonyl (C=O) groups excluding carboxylic acids is 1. The number of nitrogens with zero attached hydrogens (tertiary/aromatic N) is 2. The van der Waals surface area contributed by atoms with Gasteiger partial charge in [-0.3, -0.25) is 9.69 Å². The number of rotatable bonds is 6. The molecule has 0 N–H and O–H groups in total. The van der Waals surface area contributed by atoms with Crippen molar-refractivity contribution in [2.24, 2.45) is 0 Å². The molecule has 0 aromatic heterocycles. The van der Waals surface area contributed by atoms with Crippen molar-refractivity contribution < 1.29 is 17.6 Å². The molecule has 3 rings (SSSR count). The molecule has 1 aliphatic heterocycles. The van der Waals surface area contributed by atoms with Crippen LogP contribution in [0.1, 0.15) is 12.0 Å². The molecule has 0 radical (unpaired) electrons. The first-order valence-electron chi connectivity index (χ1n) is 8.96. The Morgan fingerprint density at radius 1 is 0.926 bits per heavy atom. The number of halogens is 1. The van der Waals surface area contributed by atoms with Crippen LogP contribution in [-0.2, 0) is 21.2 Å². The molecular formula is C20H23FN2O3S. The molecule has 2 aromatic rings. The predicted molar refractivity (Wildman–Crippen MR) is 101 cm³/mol. The van der Waals surface area contributed by atoms with E-state index in [0.29, 0.717) is 32.7 Å². The lowest BCUT2D eigenvalue weighted by molar-refractivity contribution is -0.132. The zero-order chi connectivity index (χ0) is 19.3. The molecular weight excluding hydrogens is 367 g/mol. The van der Waals surface area contributed by atoms with Crippen molar-refractivity contribution in [3.63, 3.8) is 0 Å². The molecule has 0 unspecified atom stereocenters. The number of sulfone groups is 1. The maximum Gasteiger partial charge on any atom is 0.223 e. The maximum atomic E-state index is 13.0. The van der Waals surface area contributed by atoms with E-state index < -0.39 is 9.84 Å². The van der Waals surface area contributed by atoms with Gasteiger partial charge < -0.3 is 4.90 Å². The largest absolute Gasteiger partial charge is 0.340 e. The zero-order valence-corrected chi connectivity index (χ0v) is 15.9. The summed E-state index contributed by atoms with van der Waals surface area (Å²) in [7, 11) is -3.44. The smallest absolute Gasteiger partial charge is 0.223 e. The van der Waals surface area contributed by atoms with Gasteiger partial charge in [-0.1, -0.05) is 30.3 Å². The van der Waals surface area contributed by atoms with Gasteiger partial charge in [-0.2, -0.15) is 0 Å². The van der Waals surface area contributed by atoms with E-state index in [-0.39, 0.29) is 28.8 Å². The fourth-order valence-corrected chi connectivity index (χ4v) is 4.38. The van der Waals surface area contributed by atoms with Gasteiger partial charge in [0.15, 0.2) is 9.84 Å². The Kier molecular flexibility index (Phi) is 6.23. The minimum Gasteiger partial charge on any atom is -0.340 e. The summed E-state index contributed by atoms with van der Waals surface area (Å²) in [5, 5.41) is 0. The minimum absolute atomic E-state index is 0.00477. The van der Waals surface area contributed by atoms with Crippen LogP contribution in [0.2, 0.25) is 0 Å². The molecule has 27 heavy (non-hydrogen) atoms. The lowest BCUT2D eigenvalue weighted by atomic mass is 10.2. The molecule has 7 heteroatoms. The average Bonchev–Trinajstić information content (AvgIpc) is 2.69. The van der Waals surface area contributed by atoms with Crippen LogP contribution in [0.4, 0.5) is 4.39 Å². The Morgan fingerprint density at radius 3 is 2.19 bits per heavy atom. The average molecular weight is 390 g/mol. The van der Waals surface area contributed by atoms with E-state index in [1.807, 2.05) is 0 Å². The Hall–Kier alpha value is -2.25. The van der Waals surface area contributed by atoms with Crippen molar-refractivity contribution in [2.75, 3.05) is 31.9 Å². The topological polar surface area (TPSA) is 57.7 Å². The summed E-state index contributed by atoms with van der Waals surface area (Å²) in [6.45, 7) is 3.30. The maximum absolute atomic E-state index is 13.0. The number of carbonyl (C=O) groups is 1. The highest BCUT2D eigenvalue weighted by molar-refractivity contribution is 7.91. The van der Waals surface area contributed by atoms with Crippen molar-refractivity contribution in [1.82, 2.24) is 9.80 Å². The molecule has 5 nitrogen and oxygen atoms in total. The second-order valence-electron chi connectivity index (χ2n) is 6.67. The van der Waals surface area contributed by atoms with Crippen LogP contribution in [0.25, 0.3) is 0 Å². The van der Waals surface area contributed by atoms with Crippen LogP contribution in [0, 0.1) is 5.82 Å². The number of hydrogen-bond acceptors (Lipinski definition) is 4. The van der Waals surface area contributed by atoms with Crippen molar-refractivity contribution in [2.45, 2.75) is 17.9 Å². The van der Waals surface area contributed by atoms with Crippen LogP contribution in [0.15, 0.2) is 59.5 Å². The number of amides is 1. The van der Waals surface area contributed by atoms with Gasteiger partial charge in [-0.05, 0) is 29.8 Å². The third-order valence-electron chi connectivity index (χ3n) is 4.73. The molecule has 1 aliphatic rings. The van der Waals surface area contributed by atoms with Gasteiger partial charge in [0.1, 0.15) is 5.82 Å². The summed E-state index contributed by atoms with van der Waals surface area (Å²) in [6.07, 6.45) is -0.00477. The van der Waals surface area contributed by atoms with Crippen LogP contribution < -0.4 is 0 Å². The Morgan fingerprint density at radius 2 is 1.56 bits per heavy atom. The van der Waals surface area contributed by atoms with Crippen molar-refractivity contribution in [3.05, 3.63) is 66.0 Å². The number of hydrogen-bond donors (Lipinski definition) is 0. The lowest BCUT2D eigenvalue weighted by Gasteiger charge is -2.34. The van der Waals surface area contributed by atoms with Gasteiger partial charge in [0, 0.05) is 39.1 Å². The molecule has 1 saturated heterocycles. The molecule has 0 aliphatic carbocycles. The summed E-state index contributed by atoms with van der Waals surface area (Å²) in [6, 6.07) is 14.6. The van der Waals surface area contributed by atoms with Gasteiger partial charge in [0.2, 0.25) is 5.91 Å². The van der Waals surface area contributed by atoms with Gasteiger partial charge in [0.25, 0.3) is 0 Å². The Labute approximate surface area is 159 Å². The quantitative estimate of drug-likeness (QED) is 0.760. The molecule has 1 fully saturated rings. The standard InChI is InChI=1S/C20H23FN2O3S/c21-18-8-6-17(7-9-18)16-22-11-13-23(14-12-22)20(24)10-15-27(25,26)19-4-2-1-3-5-19/h1-9H,10-16H2. The van der Waals surface area contributed by atoms with E-state index in [9.17, 15) is 17.6 Å². The van der Waals surface area contributed by atoms with Crippen molar-refractivity contribution in [1.29, 1.82) is 0 Å². The molecule has 0 spiro atoms. The third-order valence-corrected chi connectivity index (χ3v) is 6.46. The second-order valence-corrected chi connectivity index (χ2v) is 8.77. The summed E-state index contributed by atoms with van der Waals surface area (Å²) >= 11 is 0. The van der Waals surface area contributed by atoms with E-state index >= 15 is 0 Å². The molecule has 0 atom stereocenters. The monoisotopic (exact) mass is 390 g/mol. The molecule has 0 saturated carbocycles. The minimum atomic E-state index is -3.44. The van der Waals surface area contributed by atoms with Gasteiger partial charge in [-0.25, -0.2) is 12.8 Å². The normalized spacial score (nSPS) is 15.7. The van der Waals surface area contributed by atoms with Crippen molar-refractivity contribution >= 4 is 15.7 Å². The van der Waals surface area contributed by atoms with Crippen molar-refractivity contribution in [3.8, 4) is 0 Å². The van der Waals surface area contributed by atoms with Crippen LogP contribution >= 0.6 is 0 Å². The number of benzene rings is 2. The van der Waals surface area contributed by atoms with E-state index in [1.54, 1.807) is 47.4 Å². The fourth-order valence-electron chi connectivity index (χ4n) is 3.13. The predicted octanol–water partition coefficient (Wildman–Crippen LogP) is 2.33. The summed E-state index contributed by atoms with van der Waals surface area (Å²) < 4.78 is 37.6. The molecule has 1 amide bonds. The van der Waals surface area contributed by atoms with E-state index in [0.717, 1.165) is 5.56 Å². The molecule has 0 bridgehead atoms.